The summed E-state index contributed by atoms with van der Waals surface area (Å²) < 4.78 is 1.76. The van der Waals surface area contributed by atoms with Crippen molar-refractivity contribution in [1.29, 1.82) is 0 Å². The Morgan fingerprint density at radius 3 is 2.86 bits per heavy atom. The molecule has 0 bridgehead atoms. The molecule has 3 heterocycles. The maximum absolute atomic E-state index is 13.2. The number of carbonyl (C=O) groups is 1. The van der Waals surface area contributed by atoms with Gasteiger partial charge in [-0.2, -0.15) is 0 Å². The minimum absolute atomic E-state index is 0. The van der Waals surface area contributed by atoms with Crippen molar-refractivity contribution < 1.29 is 4.79 Å². The fraction of sp³-hybridized carbons (Fsp3) is 0.400. The molecule has 1 amide bonds. The lowest BCUT2D eigenvalue weighted by Crippen LogP contribution is -2.42. The maximum atomic E-state index is 13.2. The monoisotopic (exact) mass is 436 g/mol. The van der Waals surface area contributed by atoms with Crippen LogP contribution in [0.5, 0.6) is 0 Å². The average molecular weight is 437 g/mol. The molecule has 0 radical (unpaired) electrons. The predicted molar refractivity (Wildman–Crippen MR) is 118 cm³/mol. The third-order valence-corrected chi connectivity index (χ3v) is 5.18. The first kappa shape index (κ1) is 23.1. The number of rotatable bonds is 5. The number of aromatic nitrogens is 4. The summed E-state index contributed by atoms with van der Waals surface area (Å²) in [6, 6.07) is 8.16. The van der Waals surface area contributed by atoms with Crippen LogP contribution in [0.25, 0.3) is 16.5 Å². The summed E-state index contributed by atoms with van der Waals surface area (Å²) in [5, 5.41) is 14.0. The zero-order chi connectivity index (χ0) is 18.8. The van der Waals surface area contributed by atoms with Gasteiger partial charge in [-0.05, 0) is 38.4 Å². The van der Waals surface area contributed by atoms with E-state index < -0.39 is 0 Å². The molecule has 156 valence electrons. The molecule has 1 atom stereocenters. The summed E-state index contributed by atoms with van der Waals surface area (Å²) in [7, 11) is 0. The molecule has 0 spiro atoms. The van der Waals surface area contributed by atoms with Crippen LogP contribution in [0, 0.1) is 6.92 Å². The molecule has 1 aromatic carbocycles. The molecule has 4 rings (SSSR count). The van der Waals surface area contributed by atoms with Gasteiger partial charge >= 0.3 is 0 Å². The van der Waals surface area contributed by atoms with Gasteiger partial charge in [0.05, 0.1) is 11.4 Å². The van der Waals surface area contributed by atoms with Gasteiger partial charge < -0.3 is 10.2 Å². The van der Waals surface area contributed by atoms with Crippen LogP contribution < -0.4 is 5.32 Å². The van der Waals surface area contributed by atoms with Gasteiger partial charge in [0.1, 0.15) is 0 Å². The normalized spacial score (nSPS) is 15.6. The van der Waals surface area contributed by atoms with Crippen molar-refractivity contribution in [2.75, 3.05) is 19.6 Å². The van der Waals surface area contributed by atoms with Crippen LogP contribution in [-0.4, -0.2) is 56.5 Å². The minimum atomic E-state index is -0.0313. The van der Waals surface area contributed by atoms with Crippen LogP contribution in [0.3, 0.4) is 0 Å². The number of nitrogens with one attached hydrogen (secondary N) is 1. The third-order valence-electron chi connectivity index (χ3n) is 5.18. The zero-order valence-electron chi connectivity index (χ0n) is 16.5. The van der Waals surface area contributed by atoms with Crippen molar-refractivity contribution in [3.63, 3.8) is 0 Å². The van der Waals surface area contributed by atoms with E-state index in [4.69, 9.17) is 0 Å². The van der Waals surface area contributed by atoms with E-state index in [1.165, 1.54) is 0 Å². The fourth-order valence-corrected chi connectivity index (χ4v) is 3.78. The largest absolute Gasteiger partial charge is 0.333 e. The van der Waals surface area contributed by atoms with E-state index in [2.05, 4.69) is 27.5 Å². The van der Waals surface area contributed by atoms with Gasteiger partial charge in [-0.1, -0.05) is 24.3 Å². The van der Waals surface area contributed by atoms with E-state index in [0.29, 0.717) is 5.69 Å². The van der Waals surface area contributed by atoms with E-state index in [0.717, 1.165) is 54.6 Å². The summed E-state index contributed by atoms with van der Waals surface area (Å²) in [4.78, 5) is 19.4. The van der Waals surface area contributed by atoms with E-state index in [9.17, 15) is 4.79 Å². The molecular formula is C20H26Cl2N6O. The van der Waals surface area contributed by atoms with E-state index >= 15 is 0 Å². The highest BCUT2D eigenvalue weighted by Gasteiger charge is 2.30. The number of amides is 1. The lowest BCUT2D eigenvalue weighted by Gasteiger charge is -2.27. The van der Waals surface area contributed by atoms with Crippen LogP contribution in [0.1, 0.15) is 35.9 Å². The van der Waals surface area contributed by atoms with Crippen LogP contribution in [0.2, 0.25) is 0 Å². The van der Waals surface area contributed by atoms with Crippen molar-refractivity contribution in [2.24, 2.45) is 0 Å². The summed E-state index contributed by atoms with van der Waals surface area (Å²) in [6.45, 7) is 6.53. The Morgan fingerprint density at radius 2 is 2.14 bits per heavy atom. The highest BCUT2D eigenvalue weighted by molar-refractivity contribution is 5.94. The van der Waals surface area contributed by atoms with Gasteiger partial charge in [0, 0.05) is 42.3 Å². The Hall–Kier alpha value is -2.22. The van der Waals surface area contributed by atoms with Gasteiger partial charge in [-0.25, -0.2) is 4.68 Å². The molecule has 7 nitrogen and oxygen atoms in total. The second-order valence-corrected chi connectivity index (χ2v) is 6.95. The predicted octanol–water partition coefficient (Wildman–Crippen LogP) is 3.18. The van der Waals surface area contributed by atoms with Crippen molar-refractivity contribution >= 4 is 41.5 Å². The third kappa shape index (κ3) is 4.37. The molecule has 3 aromatic rings. The molecule has 1 aliphatic rings. The van der Waals surface area contributed by atoms with Gasteiger partial charge in [0.2, 0.25) is 0 Å². The second kappa shape index (κ2) is 10.0. The van der Waals surface area contributed by atoms with Crippen LogP contribution in [-0.2, 0) is 0 Å². The molecule has 2 aromatic heterocycles. The molecule has 1 saturated heterocycles. The van der Waals surface area contributed by atoms with E-state index in [1.807, 2.05) is 42.3 Å². The summed E-state index contributed by atoms with van der Waals surface area (Å²) >= 11 is 0. The molecular weight excluding hydrogens is 411 g/mol. The smallest absolute Gasteiger partial charge is 0.276 e. The number of hydrogen-bond donors (Lipinski definition) is 1. The number of fused-ring (bicyclic) bond motifs is 1. The molecule has 9 heteroatoms. The Morgan fingerprint density at radius 1 is 1.31 bits per heavy atom. The quantitative estimate of drug-likeness (QED) is 0.664. The number of nitrogens with zero attached hydrogens (tertiary/aromatic N) is 5. The fourth-order valence-electron chi connectivity index (χ4n) is 3.78. The highest BCUT2D eigenvalue weighted by Crippen LogP contribution is 2.23. The first-order valence-electron chi connectivity index (χ1n) is 9.47. The van der Waals surface area contributed by atoms with Crippen LogP contribution in [0.4, 0.5) is 0 Å². The Balaban J connectivity index is 0.00000150. The SMILES string of the molecule is CCCN(C(=O)c1nnn(-c2cccc3cnccc23)c1C)C1CCNC1.Cl.Cl. The van der Waals surface area contributed by atoms with Crippen molar-refractivity contribution in [2.45, 2.75) is 32.7 Å². The van der Waals surface area contributed by atoms with E-state index in [-0.39, 0.29) is 36.8 Å². The number of pyridine rings is 1. The summed E-state index contributed by atoms with van der Waals surface area (Å²) in [6.07, 6.45) is 5.49. The Kier molecular flexibility index (Phi) is 7.96. The lowest BCUT2D eigenvalue weighted by molar-refractivity contribution is 0.0685. The molecule has 0 aliphatic carbocycles. The molecule has 1 N–H and O–H groups in total. The van der Waals surface area contributed by atoms with Crippen LogP contribution in [0.15, 0.2) is 36.7 Å². The molecule has 1 aliphatic heterocycles. The molecule has 29 heavy (non-hydrogen) atoms. The highest BCUT2D eigenvalue weighted by atomic mass is 35.5. The van der Waals surface area contributed by atoms with Gasteiger partial charge in [-0.3, -0.25) is 9.78 Å². The lowest BCUT2D eigenvalue weighted by atomic mass is 10.1. The van der Waals surface area contributed by atoms with Gasteiger partial charge in [-0.15, -0.1) is 29.9 Å². The maximum Gasteiger partial charge on any atom is 0.276 e. The molecule has 1 unspecified atom stereocenters. The average Bonchev–Trinajstić information content (AvgIpc) is 3.35. The Labute approximate surface area is 182 Å². The number of carbonyl (C=O) groups excluding carboxylic acids is 1. The summed E-state index contributed by atoms with van der Waals surface area (Å²) in [5.41, 5.74) is 2.10. The number of halogens is 2. The Bertz CT molecular complexity index is 965. The number of benzene rings is 1. The second-order valence-electron chi connectivity index (χ2n) is 6.95. The molecule has 0 saturated carbocycles. The summed E-state index contributed by atoms with van der Waals surface area (Å²) in [5.74, 6) is -0.0313. The van der Waals surface area contributed by atoms with Gasteiger partial charge in [0.25, 0.3) is 5.91 Å². The first-order chi connectivity index (χ1) is 13.2. The van der Waals surface area contributed by atoms with Crippen molar-refractivity contribution in [1.82, 2.24) is 30.2 Å². The molecule has 1 fully saturated rings. The first-order valence-corrected chi connectivity index (χ1v) is 9.47. The topological polar surface area (TPSA) is 75.9 Å². The van der Waals surface area contributed by atoms with Crippen LogP contribution >= 0.6 is 24.8 Å². The van der Waals surface area contributed by atoms with Crippen molar-refractivity contribution in [3.05, 3.63) is 48.0 Å². The van der Waals surface area contributed by atoms with Crippen molar-refractivity contribution in [3.8, 4) is 5.69 Å². The zero-order valence-corrected chi connectivity index (χ0v) is 18.2. The van der Waals surface area contributed by atoms with E-state index in [1.54, 1.807) is 10.9 Å². The number of hydrogen-bond acceptors (Lipinski definition) is 5. The van der Waals surface area contributed by atoms with Gasteiger partial charge in [0.15, 0.2) is 5.69 Å². The standard InChI is InChI=1S/C20H24N6O.2ClH/c1-3-11-25(16-7-9-22-13-16)20(27)19-14(2)26(24-23-19)18-6-4-5-15-12-21-10-8-17(15)18;;/h4-6,8,10,12,16,22H,3,7,9,11,13H2,1-2H3;2*1H. The minimum Gasteiger partial charge on any atom is -0.333 e.